The van der Waals surface area contributed by atoms with E-state index in [2.05, 4.69) is 47.8 Å². The van der Waals surface area contributed by atoms with E-state index in [9.17, 15) is 9.90 Å². The second-order valence-electron chi connectivity index (χ2n) is 12.7. The molecule has 3 nitrogen and oxygen atoms in total. The van der Waals surface area contributed by atoms with E-state index in [1.807, 2.05) is 0 Å². The molecule has 1 N–H and O–H groups in total. The lowest BCUT2D eigenvalue weighted by Gasteiger charge is -2.47. The van der Waals surface area contributed by atoms with Gasteiger partial charge in [0.2, 0.25) is 0 Å². The molecule has 0 aliphatic heterocycles. The minimum atomic E-state index is -0.527. The van der Waals surface area contributed by atoms with Crippen LogP contribution in [0.4, 0.5) is 0 Å². The number of aliphatic hydroxyl groups is 1. The van der Waals surface area contributed by atoms with E-state index < -0.39 is 5.60 Å². The van der Waals surface area contributed by atoms with Crippen molar-refractivity contribution in [1.29, 1.82) is 0 Å². The highest BCUT2D eigenvalue weighted by Crippen LogP contribution is 3.07. The molecule has 12 fully saturated rings. The Labute approximate surface area is 187 Å². The van der Waals surface area contributed by atoms with E-state index >= 15 is 0 Å². The van der Waals surface area contributed by atoms with Crippen molar-refractivity contribution in [2.75, 3.05) is 0 Å². The Balaban J connectivity index is 1.40. The Morgan fingerprint density at radius 2 is 1.36 bits per heavy atom. The first kappa shape index (κ1) is 14.8. The van der Waals surface area contributed by atoms with E-state index in [4.69, 9.17) is 4.74 Å². The van der Waals surface area contributed by atoms with Gasteiger partial charge in [-0.2, -0.15) is 0 Å². The predicted octanol–water partition coefficient (Wildman–Crippen LogP) is 2.81. The van der Waals surface area contributed by atoms with Crippen LogP contribution in [0.5, 0.6) is 0 Å². The zero-order valence-corrected chi connectivity index (χ0v) is 19.8. The van der Waals surface area contributed by atoms with Gasteiger partial charge in [0.15, 0.2) is 0 Å². The van der Waals surface area contributed by atoms with Crippen LogP contribution in [-0.2, 0) is 9.53 Å². The van der Waals surface area contributed by atoms with Gasteiger partial charge in [0.25, 0.3) is 0 Å². The fraction of sp³-hybridized carbons (Fsp3) is 0.955. The Morgan fingerprint density at radius 1 is 0.750 bits per heavy atom. The van der Waals surface area contributed by atoms with E-state index in [1.165, 1.54) is 0 Å². The molecule has 0 saturated heterocycles. The first-order valence-electron chi connectivity index (χ1n) is 11.2. The minimum Gasteiger partial charge on any atom is -0.457 e. The second-order valence-corrected chi connectivity index (χ2v) is 16.7. The zero-order valence-electron chi connectivity index (χ0n) is 15.1. The summed E-state index contributed by atoms with van der Waals surface area (Å²) in [7, 11) is 0. The molecular formula is C22H19Br3O3. The first-order chi connectivity index (χ1) is 13.3. The summed E-state index contributed by atoms with van der Waals surface area (Å²) in [5.74, 6) is 8.68. The van der Waals surface area contributed by atoms with E-state index in [-0.39, 0.29) is 24.5 Å². The summed E-state index contributed by atoms with van der Waals surface area (Å²) in [5, 5.41) is 12.7. The van der Waals surface area contributed by atoms with Crippen molar-refractivity contribution in [3.8, 4) is 0 Å². The molecule has 0 amide bonds. The number of carbonyl (C=O) groups is 1. The van der Waals surface area contributed by atoms with Crippen LogP contribution < -0.4 is 0 Å². The molecule has 12 aliphatic rings. The second kappa shape index (κ2) is 3.15. The first-order valence-corrected chi connectivity index (χ1v) is 13.6. The third-order valence-corrected chi connectivity index (χ3v) is 18.7. The number of hydrogen-bond donors (Lipinski definition) is 1. The van der Waals surface area contributed by atoms with Crippen molar-refractivity contribution in [2.45, 2.75) is 31.1 Å². The third kappa shape index (κ3) is 0.722. The average molecular weight is 571 g/mol. The molecule has 12 saturated carbocycles. The molecule has 0 aromatic carbocycles. The third-order valence-electron chi connectivity index (χ3n) is 13.9. The van der Waals surface area contributed by atoms with Gasteiger partial charge in [0.05, 0.1) is 14.2 Å². The number of esters is 1. The molecule has 12 rings (SSSR count). The van der Waals surface area contributed by atoms with Gasteiger partial charge in [-0.05, 0) is 71.0 Å². The molecular weight excluding hydrogens is 552 g/mol. The standard InChI is InChI=1S/C22H19Br3O3/c1-2(26)28-22-12-4-3-10-5-7-13(19(22,24)9(4)5)15-14(22)8-6(12)11(3)21(27)17(8)18(15,23)16(7)20(10,21)25/h3-17,27H,1H3/t3-,4+,5-,6-,7+,8-,9+,10-,11+,12-,13+,14-,15-,16-,17+,18-,19-,20+,21-,22+/m1/s1. The van der Waals surface area contributed by atoms with Crippen LogP contribution in [0.25, 0.3) is 0 Å². The highest BCUT2D eigenvalue weighted by atomic mass is 79.9. The largest absolute Gasteiger partial charge is 0.457 e. The van der Waals surface area contributed by atoms with Gasteiger partial charge in [0.1, 0.15) is 5.60 Å². The number of alkyl halides is 3. The lowest BCUT2D eigenvalue weighted by molar-refractivity contribution is -0.168. The maximum Gasteiger partial charge on any atom is 0.303 e. The van der Waals surface area contributed by atoms with Gasteiger partial charge in [-0.15, -0.1) is 0 Å². The van der Waals surface area contributed by atoms with Crippen molar-refractivity contribution in [3.63, 3.8) is 0 Å². The monoisotopic (exact) mass is 568 g/mol. The Kier molecular flexibility index (Phi) is 1.67. The Bertz CT molecular complexity index is 1070. The van der Waals surface area contributed by atoms with Gasteiger partial charge in [-0.3, -0.25) is 4.79 Å². The number of rotatable bonds is 1. The van der Waals surface area contributed by atoms with Crippen LogP contribution in [-0.4, -0.2) is 35.3 Å². The molecule has 6 heteroatoms. The highest BCUT2D eigenvalue weighted by Gasteiger charge is 3.12. The number of carbonyl (C=O) groups excluding carboxylic acids is 1. The molecule has 28 heavy (non-hydrogen) atoms. The van der Waals surface area contributed by atoms with Gasteiger partial charge in [-0.1, -0.05) is 47.8 Å². The van der Waals surface area contributed by atoms with Gasteiger partial charge in [-0.25, -0.2) is 0 Å². The Morgan fingerprint density at radius 3 is 2.11 bits per heavy atom. The fourth-order valence-electron chi connectivity index (χ4n) is 15.6. The van der Waals surface area contributed by atoms with Crippen molar-refractivity contribution in [1.82, 2.24) is 0 Å². The van der Waals surface area contributed by atoms with Crippen LogP contribution in [0.15, 0.2) is 0 Å². The van der Waals surface area contributed by atoms with Crippen LogP contribution in [0.1, 0.15) is 6.92 Å². The predicted molar refractivity (Wildman–Crippen MR) is 107 cm³/mol. The van der Waals surface area contributed by atoms with E-state index in [0.717, 1.165) is 5.92 Å². The molecule has 0 heterocycles. The van der Waals surface area contributed by atoms with Crippen LogP contribution >= 0.6 is 47.8 Å². The summed E-state index contributed by atoms with van der Waals surface area (Å²) in [6.07, 6.45) is 0. The van der Waals surface area contributed by atoms with Crippen LogP contribution in [0.3, 0.4) is 0 Å². The molecule has 0 aromatic rings. The number of hydrogen-bond acceptors (Lipinski definition) is 3. The molecule has 0 aromatic heterocycles. The number of ether oxygens (including phenoxy) is 1. The molecule has 0 bridgehead atoms. The normalized spacial score (nSPS) is 93.7. The Hall–Kier alpha value is 0.870. The van der Waals surface area contributed by atoms with Crippen molar-refractivity contribution in [3.05, 3.63) is 0 Å². The fourth-order valence-corrected chi connectivity index (χ4v) is 21.4. The molecule has 0 radical (unpaired) electrons. The molecule has 0 unspecified atom stereocenters. The maximum absolute atomic E-state index is 12.7. The van der Waals surface area contributed by atoms with Crippen molar-refractivity contribution >= 4 is 53.8 Å². The number of halogens is 3. The summed E-state index contributed by atoms with van der Waals surface area (Å²) in [4.78, 5) is 12.5. The quantitative estimate of drug-likeness (QED) is 0.390. The van der Waals surface area contributed by atoms with Gasteiger partial charge < -0.3 is 9.84 Å². The summed E-state index contributed by atoms with van der Waals surface area (Å²) in [6, 6.07) is 0. The lowest BCUT2D eigenvalue weighted by atomic mass is 9.73. The topological polar surface area (TPSA) is 46.5 Å². The van der Waals surface area contributed by atoms with E-state index in [0.29, 0.717) is 82.9 Å². The summed E-state index contributed by atoms with van der Waals surface area (Å²) in [5.41, 5.74) is -0.811. The van der Waals surface area contributed by atoms with Crippen molar-refractivity contribution in [2.24, 2.45) is 88.8 Å². The molecule has 12 aliphatic carbocycles. The summed E-state index contributed by atoms with van der Waals surface area (Å²) in [6.45, 7) is 1.64. The smallest absolute Gasteiger partial charge is 0.303 e. The SMILES string of the molecule is CC(=O)O[C@@]12[C@H]3[C@@H]4[C@@H]5[C@@H]1[C@H]1[C@@H]6[C@@H]7[C@H]8[C@H]9[C@@H]([C@H]3[C@@H]8[C@@]62Br)[C@@H]4[C@@]2(O)[C@@H]5[C@]1(Br)[C@@H]7[C@@]92Br. The van der Waals surface area contributed by atoms with Gasteiger partial charge >= 0.3 is 5.97 Å². The zero-order chi connectivity index (χ0) is 18.4. The van der Waals surface area contributed by atoms with Crippen LogP contribution in [0, 0.1) is 88.8 Å². The molecule has 146 valence electrons. The lowest BCUT2D eigenvalue weighted by Crippen LogP contribution is -2.58. The van der Waals surface area contributed by atoms with E-state index in [1.54, 1.807) is 6.92 Å². The van der Waals surface area contributed by atoms with Crippen LogP contribution in [0.2, 0.25) is 0 Å². The summed E-state index contributed by atoms with van der Waals surface area (Å²) >= 11 is 13.3. The average Bonchev–Trinajstić information content (AvgIpc) is 3.39. The molecule has 20 atom stereocenters. The maximum atomic E-state index is 12.7. The highest BCUT2D eigenvalue weighted by molar-refractivity contribution is 9.11. The summed E-state index contributed by atoms with van der Waals surface area (Å²) < 4.78 is 6.64. The molecule has 0 spiro atoms. The minimum absolute atomic E-state index is 0.0104. The van der Waals surface area contributed by atoms with Crippen molar-refractivity contribution < 1.29 is 14.6 Å². The van der Waals surface area contributed by atoms with Gasteiger partial charge in [0, 0.05) is 29.0 Å².